The number of aromatic nitrogens is 6. The number of hydrogen-bond donors (Lipinski definition) is 0. The molecule has 0 fully saturated rings. The van der Waals surface area contributed by atoms with Crippen LogP contribution < -0.4 is 0 Å². The lowest BCUT2D eigenvalue weighted by Crippen LogP contribution is -1.95. The van der Waals surface area contributed by atoms with Crippen LogP contribution in [0.1, 0.15) is 0 Å². The molecule has 6 heteroatoms. The monoisotopic (exact) mass is 160 g/mol. The van der Waals surface area contributed by atoms with Crippen LogP contribution in [0, 0.1) is 0 Å². The Kier molecular flexibility index (Phi) is 1.65. The molecule has 0 aromatic carbocycles. The number of hydrogen-bond acceptors (Lipinski definition) is 6. The fraction of sp³-hybridized carbons (Fsp3) is 0. The van der Waals surface area contributed by atoms with E-state index < -0.39 is 0 Å². The summed E-state index contributed by atoms with van der Waals surface area (Å²) in [4.78, 5) is 7.70. The third kappa shape index (κ3) is 1.22. The summed E-state index contributed by atoms with van der Waals surface area (Å²) in [5.41, 5.74) is 0.616. The summed E-state index contributed by atoms with van der Waals surface area (Å²) >= 11 is 0. The zero-order valence-electron chi connectivity index (χ0n) is 5.99. The van der Waals surface area contributed by atoms with Crippen molar-refractivity contribution >= 4 is 0 Å². The largest absolute Gasteiger partial charge is 0.245 e. The summed E-state index contributed by atoms with van der Waals surface area (Å²) in [6, 6.07) is 1.69. The van der Waals surface area contributed by atoms with E-state index in [0.717, 1.165) is 0 Å². The molecule has 0 unspecified atom stereocenters. The highest BCUT2D eigenvalue weighted by Gasteiger charge is 2.00. The molecule has 0 aliphatic carbocycles. The Labute approximate surface area is 67.7 Å². The maximum Gasteiger partial charge on any atom is 0.222 e. The molecule has 0 saturated heterocycles. The predicted octanol–water partition coefficient (Wildman–Crippen LogP) is -0.276. The highest BCUT2D eigenvalue weighted by molar-refractivity contribution is 5.45. The van der Waals surface area contributed by atoms with Crippen LogP contribution in [-0.2, 0) is 0 Å². The van der Waals surface area contributed by atoms with E-state index in [0.29, 0.717) is 11.5 Å². The summed E-state index contributed by atoms with van der Waals surface area (Å²) < 4.78 is 0. The van der Waals surface area contributed by atoms with Gasteiger partial charge >= 0.3 is 0 Å². The maximum absolute atomic E-state index is 3.93. The molecule has 0 radical (unpaired) electrons. The average molecular weight is 160 g/mol. The number of nitrogens with zero attached hydrogens (tertiary/aromatic N) is 6. The van der Waals surface area contributed by atoms with E-state index >= 15 is 0 Å². The SMILES string of the molecule is c1cc(-c2nncnn2)ncn1. The minimum atomic E-state index is 0.403. The van der Waals surface area contributed by atoms with Crippen molar-refractivity contribution in [2.24, 2.45) is 0 Å². The molecule has 0 aliphatic heterocycles. The Morgan fingerprint density at radius 3 is 2.50 bits per heavy atom. The topological polar surface area (TPSA) is 77.3 Å². The second-order valence-electron chi connectivity index (χ2n) is 1.96. The highest BCUT2D eigenvalue weighted by atomic mass is 15.3. The van der Waals surface area contributed by atoms with Gasteiger partial charge in [0.25, 0.3) is 0 Å². The van der Waals surface area contributed by atoms with Crippen LogP contribution in [0.25, 0.3) is 11.5 Å². The number of rotatable bonds is 1. The molecule has 2 heterocycles. The van der Waals surface area contributed by atoms with Crippen molar-refractivity contribution < 1.29 is 0 Å². The van der Waals surface area contributed by atoms with Crippen molar-refractivity contribution in [1.82, 2.24) is 30.4 Å². The molecule has 0 saturated carbocycles. The van der Waals surface area contributed by atoms with Crippen LogP contribution in [0.2, 0.25) is 0 Å². The molecule has 12 heavy (non-hydrogen) atoms. The molecule has 0 N–H and O–H groups in total. The first-order chi connectivity index (χ1) is 5.97. The van der Waals surface area contributed by atoms with Gasteiger partial charge in [0.2, 0.25) is 5.82 Å². The van der Waals surface area contributed by atoms with Gasteiger partial charge in [-0.3, -0.25) is 0 Å². The van der Waals surface area contributed by atoms with Gasteiger partial charge in [-0.25, -0.2) is 9.97 Å². The third-order valence-corrected chi connectivity index (χ3v) is 1.22. The van der Waals surface area contributed by atoms with Crippen molar-refractivity contribution in [3.05, 3.63) is 24.9 Å². The molecular formula is C6H4N6. The Morgan fingerprint density at radius 1 is 1.00 bits per heavy atom. The van der Waals surface area contributed by atoms with Gasteiger partial charge in [-0.15, -0.1) is 20.4 Å². The predicted molar refractivity (Wildman–Crippen MR) is 38.6 cm³/mol. The average Bonchev–Trinajstić information content (AvgIpc) is 2.21. The van der Waals surface area contributed by atoms with Crippen LogP contribution in [0.15, 0.2) is 24.9 Å². The maximum atomic E-state index is 3.93. The molecule has 2 rings (SSSR count). The third-order valence-electron chi connectivity index (χ3n) is 1.22. The zero-order chi connectivity index (χ0) is 8.23. The Bertz CT molecular complexity index is 309. The van der Waals surface area contributed by atoms with Gasteiger partial charge in [-0.1, -0.05) is 0 Å². The van der Waals surface area contributed by atoms with Gasteiger partial charge in [0, 0.05) is 6.20 Å². The van der Waals surface area contributed by atoms with E-state index in [1.165, 1.54) is 12.7 Å². The van der Waals surface area contributed by atoms with Gasteiger partial charge in [-0.2, -0.15) is 0 Å². The van der Waals surface area contributed by atoms with Gasteiger partial charge in [0.15, 0.2) is 6.33 Å². The fourth-order valence-electron chi connectivity index (χ4n) is 0.730. The first-order valence-electron chi connectivity index (χ1n) is 3.23. The van der Waals surface area contributed by atoms with E-state index in [1.54, 1.807) is 12.3 Å². The van der Waals surface area contributed by atoms with Crippen LogP contribution in [-0.4, -0.2) is 30.4 Å². The summed E-state index contributed by atoms with van der Waals surface area (Å²) in [6.07, 6.45) is 4.30. The van der Waals surface area contributed by atoms with Crippen molar-refractivity contribution in [3.63, 3.8) is 0 Å². The van der Waals surface area contributed by atoms with Crippen LogP contribution in [0.5, 0.6) is 0 Å². The van der Waals surface area contributed by atoms with Crippen molar-refractivity contribution in [2.45, 2.75) is 0 Å². The van der Waals surface area contributed by atoms with Crippen molar-refractivity contribution in [2.75, 3.05) is 0 Å². The summed E-state index contributed by atoms with van der Waals surface area (Å²) in [7, 11) is 0. The molecular weight excluding hydrogens is 156 g/mol. The van der Waals surface area contributed by atoms with Gasteiger partial charge in [0.05, 0.1) is 0 Å². The van der Waals surface area contributed by atoms with Crippen molar-refractivity contribution in [3.8, 4) is 11.5 Å². The lowest BCUT2D eigenvalue weighted by atomic mass is 10.4. The molecule has 0 aliphatic rings. The summed E-state index contributed by atoms with van der Waals surface area (Å²) in [5, 5.41) is 14.6. The second kappa shape index (κ2) is 2.95. The van der Waals surface area contributed by atoms with Gasteiger partial charge in [0.1, 0.15) is 12.0 Å². The molecule has 0 atom stereocenters. The van der Waals surface area contributed by atoms with Crippen molar-refractivity contribution in [1.29, 1.82) is 0 Å². The van der Waals surface area contributed by atoms with Crippen LogP contribution in [0.4, 0.5) is 0 Å². The zero-order valence-corrected chi connectivity index (χ0v) is 5.99. The normalized spacial score (nSPS) is 9.67. The quantitative estimate of drug-likeness (QED) is 0.571. The Morgan fingerprint density at radius 2 is 1.83 bits per heavy atom. The van der Waals surface area contributed by atoms with E-state index in [9.17, 15) is 0 Å². The van der Waals surface area contributed by atoms with E-state index in [4.69, 9.17) is 0 Å². The van der Waals surface area contributed by atoms with Gasteiger partial charge in [-0.05, 0) is 6.07 Å². The smallest absolute Gasteiger partial charge is 0.222 e. The molecule has 2 aromatic heterocycles. The van der Waals surface area contributed by atoms with E-state index in [1.807, 2.05) is 0 Å². The fourth-order valence-corrected chi connectivity index (χ4v) is 0.730. The molecule has 6 nitrogen and oxygen atoms in total. The second-order valence-corrected chi connectivity index (χ2v) is 1.96. The molecule has 0 amide bonds. The lowest BCUT2D eigenvalue weighted by Gasteiger charge is -1.92. The van der Waals surface area contributed by atoms with Crippen LogP contribution in [0.3, 0.4) is 0 Å². The molecule has 0 bridgehead atoms. The summed E-state index contributed by atoms with van der Waals surface area (Å²) in [6.45, 7) is 0. The first-order valence-corrected chi connectivity index (χ1v) is 3.23. The minimum Gasteiger partial charge on any atom is -0.245 e. The van der Waals surface area contributed by atoms with E-state index in [2.05, 4.69) is 30.4 Å². The van der Waals surface area contributed by atoms with E-state index in [-0.39, 0.29) is 0 Å². The molecule has 2 aromatic rings. The first kappa shape index (κ1) is 6.71. The standard InChI is InChI=1S/C6H4N6/c1-2-7-3-8-5(1)6-11-9-4-10-12-6/h1-4H. The minimum absolute atomic E-state index is 0.403. The highest BCUT2D eigenvalue weighted by Crippen LogP contribution is 2.04. The van der Waals surface area contributed by atoms with Gasteiger partial charge < -0.3 is 0 Å². The molecule has 58 valence electrons. The van der Waals surface area contributed by atoms with Crippen LogP contribution >= 0.6 is 0 Å². The Hall–Kier alpha value is -1.98. The lowest BCUT2D eigenvalue weighted by molar-refractivity contribution is 0.857. The Balaban J connectivity index is 2.46. The summed E-state index contributed by atoms with van der Waals surface area (Å²) in [5.74, 6) is 0.403. The molecule has 0 spiro atoms.